The van der Waals surface area contributed by atoms with Gasteiger partial charge in [-0.25, -0.2) is 10.8 Å². The Labute approximate surface area is 200 Å². The van der Waals surface area contributed by atoms with Crippen molar-refractivity contribution in [3.05, 3.63) is 90.4 Å². The molecule has 0 aliphatic carbocycles. The van der Waals surface area contributed by atoms with Gasteiger partial charge in [0.15, 0.2) is 5.76 Å². The van der Waals surface area contributed by atoms with E-state index in [0.717, 1.165) is 22.3 Å². The Kier molecular flexibility index (Phi) is 5.98. The molecule has 0 aliphatic rings. The molecule has 3 heterocycles. The standard InChI is InChI=1S/C26H20N6O3/c27-31-26(34)21-12-24(30-23-9-10-28-14-22(21)23)18-5-1-16(2-6-18)17-3-7-19(8-4-17)25-11-20(35-32-25)13-29-15-33/h1-12,14-15H,13,27H2,(H,29,33)(H,31,34). The van der Waals surface area contributed by atoms with Gasteiger partial charge in [0.25, 0.3) is 5.91 Å². The van der Waals surface area contributed by atoms with Crippen molar-refractivity contribution < 1.29 is 14.1 Å². The fraction of sp³-hybridized carbons (Fsp3) is 0.0385. The third-order valence-corrected chi connectivity index (χ3v) is 5.60. The zero-order valence-corrected chi connectivity index (χ0v) is 18.4. The number of nitrogens with zero attached hydrogens (tertiary/aromatic N) is 3. The second-order valence-electron chi connectivity index (χ2n) is 7.75. The molecule has 3 aromatic heterocycles. The number of aromatic nitrogens is 3. The maximum atomic E-state index is 12.3. The van der Waals surface area contributed by atoms with Gasteiger partial charge in [0.05, 0.1) is 23.3 Å². The topological polar surface area (TPSA) is 136 Å². The number of pyridine rings is 2. The first kappa shape index (κ1) is 21.9. The molecule has 0 unspecified atom stereocenters. The van der Waals surface area contributed by atoms with Crippen molar-refractivity contribution in [1.29, 1.82) is 0 Å². The van der Waals surface area contributed by atoms with E-state index in [1.807, 2.05) is 48.5 Å². The van der Waals surface area contributed by atoms with Crippen molar-refractivity contribution in [2.75, 3.05) is 0 Å². The van der Waals surface area contributed by atoms with Crippen LogP contribution in [0.3, 0.4) is 0 Å². The number of hydrogen-bond acceptors (Lipinski definition) is 7. The van der Waals surface area contributed by atoms with Gasteiger partial charge in [0, 0.05) is 35.0 Å². The van der Waals surface area contributed by atoms with Gasteiger partial charge < -0.3 is 9.84 Å². The van der Waals surface area contributed by atoms with E-state index in [-0.39, 0.29) is 0 Å². The van der Waals surface area contributed by atoms with E-state index >= 15 is 0 Å². The lowest BCUT2D eigenvalue weighted by Crippen LogP contribution is -2.30. The van der Waals surface area contributed by atoms with Crippen molar-refractivity contribution in [2.45, 2.75) is 6.54 Å². The van der Waals surface area contributed by atoms with E-state index in [1.54, 1.807) is 30.6 Å². The van der Waals surface area contributed by atoms with Gasteiger partial charge >= 0.3 is 0 Å². The first-order chi connectivity index (χ1) is 17.2. The summed E-state index contributed by atoms with van der Waals surface area (Å²) in [6, 6.07) is 21.2. The highest BCUT2D eigenvalue weighted by molar-refractivity contribution is 6.06. The number of benzene rings is 2. The number of nitrogen functional groups attached to an aromatic ring is 1. The molecule has 5 aromatic rings. The molecule has 0 atom stereocenters. The molecule has 0 spiro atoms. The number of nitrogens with two attached hydrogens (primary N) is 1. The summed E-state index contributed by atoms with van der Waals surface area (Å²) in [6.07, 6.45) is 3.86. The molecule has 0 aliphatic heterocycles. The lowest BCUT2D eigenvalue weighted by Gasteiger charge is -2.09. The molecule has 35 heavy (non-hydrogen) atoms. The summed E-state index contributed by atoms with van der Waals surface area (Å²) in [5.41, 5.74) is 8.47. The lowest BCUT2D eigenvalue weighted by atomic mass is 9.99. The molecule has 2 amide bonds. The van der Waals surface area contributed by atoms with Crippen LogP contribution < -0.4 is 16.6 Å². The van der Waals surface area contributed by atoms with Crippen LogP contribution in [0.1, 0.15) is 16.1 Å². The Hall–Kier alpha value is -4.89. The van der Waals surface area contributed by atoms with Gasteiger partial charge in [0.1, 0.15) is 5.69 Å². The SMILES string of the molecule is NNC(=O)c1cc(-c2ccc(-c3ccc(-c4cc(CNC=O)on4)cc3)cc2)nc2ccncc12. The molecule has 9 nitrogen and oxygen atoms in total. The highest BCUT2D eigenvalue weighted by atomic mass is 16.5. The van der Waals surface area contributed by atoms with Crippen molar-refractivity contribution in [3.63, 3.8) is 0 Å². The second kappa shape index (κ2) is 9.54. The Morgan fingerprint density at radius 1 is 0.914 bits per heavy atom. The van der Waals surface area contributed by atoms with E-state index in [4.69, 9.17) is 15.3 Å². The zero-order chi connectivity index (χ0) is 24.2. The van der Waals surface area contributed by atoms with Gasteiger partial charge in [-0.15, -0.1) is 0 Å². The van der Waals surface area contributed by atoms with Crippen LogP contribution in [0, 0.1) is 0 Å². The summed E-state index contributed by atoms with van der Waals surface area (Å²) in [5.74, 6) is 5.55. The number of hydrogen-bond donors (Lipinski definition) is 3. The highest BCUT2D eigenvalue weighted by Gasteiger charge is 2.14. The number of carbonyl (C=O) groups excluding carboxylic acids is 2. The van der Waals surface area contributed by atoms with Crippen molar-refractivity contribution in [2.24, 2.45) is 5.84 Å². The Morgan fingerprint density at radius 3 is 2.23 bits per heavy atom. The Balaban J connectivity index is 1.40. The van der Waals surface area contributed by atoms with Gasteiger partial charge in [-0.3, -0.25) is 20.0 Å². The Bertz CT molecular complexity index is 1510. The molecule has 0 fully saturated rings. The van der Waals surface area contributed by atoms with Crippen molar-refractivity contribution in [1.82, 2.24) is 25.9 Å². The monoisotopic (exact) mass is 464 g/mol. The molecule has 5 rings (SSSR count). The summed E-state index contributed by atoms with van der Waals surface area (Å²) in [5, 5.41) is 7.24. The first-order valence-corrected chi connectivity index (χ1v) is 10.8. The zero-order valence-electron chi connectivity index (χ0n) is 18.4. The van der Waals surface area contributed by atoms with E-state index < -0.39 is 5.91 Å². The molecule has 0 saturated carbocycles. The molecule has 0 bridgehead atoms. The first-order valence-electron chi connectivity index (χ1n) is 10.8. The predicted octanol–water partition coefficient (Wildman–Crippen LogP) is 3.47. The van der Waals surface area contributed by atoms with Crippen LogP contribution in [0.2, 0.25) is 0 Å². The average molecular weight is 464 g/mol. The van der Waals surface area contributed by atoms with Gasteiger partial charge in [-0.05, 0) is 23.3 Å². The number of rotatable bonds is 7. The normalized spacial score (nSPS) is 10.8. The minimum atomic E-state index is -0.400. The minimum Gasteiger partial charge on any atom is -0.359 e. The third-order valence-electron chi connectivity index (χ3n) is 5.60. The predicted molar refractivity (Wildman–Crippen MR) is 130 cm³/mol. The average Bonchev–Trinajstić information content (AvgIpc) is 3.40. The largest absolute Gasteiger partial charge is 0.359 e. The third kappa shape index (κ3) is 4.48. The number of nitrogens with one attached hydrogen (secondary N) is 2. The van der Waals surface area contributed by atoms with E-state index in [9.17, 15) is 9.59 Å². The second-order valence-corrected chi connectivity index (χ2v) is 7.75. The quantitative estimate of drug-likeness (QED) is 0.145. The minimum absolute atomic E-state index is 0.294. The molecule has 172 valence electrons. The summed E-state index contributed by atoms with van der Waals surface area (Å²) in [6.45, 7) is 0.294. The number of amides is 2. The van der Waals surface area contributed by atoms with E-state index in [2.05, 4.69) is 20.9 Å². The molecule has 9 heteroatoms. The summed E-state index contributed by atoms with van der Waals surface area (Å²) >= 11 is 0. The molecule has 4 N–H and O–H groups in total. The summed E-state index contributed by atoms with van der Waals surface area (Å²) in [4.78, 5) is 31.5. The fourth-order valence-electron chi connectivity index (χ4n) is 3.82. The number of hydrazine groups is 1. The summed E-state index contributed by atoms with van der Waals surface area (Å²) < 4.78 is 5.24. The molecule has 2 aromatic carbocycles. The van der Waals surface area contributed by atoms with Crippen LogP contribution in [0.5, 0.6) is 0 Å². The van der Waals surface area contributed by atoms with Crippen molar-refractivity contribution in [3.8, 4) is 33.6 Å². The molecular formula is C26H20N6O3. The Morgan fingerprint density at radius 2 is 1.57 bits per heavy atom. The van der Waals surface area contributed by atoms with E-state index in [0.29, 0.717) is 46.6 Å². The molecular weight excluding hydrogens is 444 g/mol. The van der Waals surface area contributed by atoms with Crippen LogP contribution in [-0.4, -0.2) is 27.4 Å². The number of carbonyl (C=O) groups is 2. The van der Waals surface area contributed by atoms with Crippen LogP contribution >= 0.6 is 0 Å². The lowest BCUT2D eigenvalue weighted by molar-refractivity contribution is -0.109. The van der Waals surface area contributed by atoms with Crippen LogP contribution in [-0.2, 0) is 11.3 Å². The van der Waals surface area contributed by atoms with Crippen LogP contribution in [0.25, 0.3) is 44.5 Å². The maximum absolute atomic E-state index is 12.3. The van der Waals surface area contributed by atoms with E-state index in [1.165, 1.54) is 0 Å². The highest BCUT2D eigenvalue weighted by Crippen LogP contribution is 2.29. The maximum Gasteiger partial charge on any atom is 0.265 e. The van der Waals surface area contributed by atoms with Gasteiger partial charge in [-0.1, -0.05) is 53.7 Å². The van der Waals surface area contributed by atoms with Gasteiger partial charge in [-0.2, -0.15) is 0 Å². The molecule has 0 saturated heterocycles. The fourth-order valence-corrected chi connectivity index (χ4v) is 3.82. The van der Waals surface area contributed by atoms with Gasteiger partial charge in [0.2, 0.25) is 6.41 Å². The summed E-state index contributed by atoms with van der Waals surface area (Å²) in [7, 11) is 0. The molecule has 0 radical (unpaired) electrons. The van der Waals surface area contributed by atoms with Crippen molar-refractivity contribution >= 4 is 23.2 Å². The number of fused-ring (bicyclic) bond motifs is 1. The smallest absolute Gasteiger partial charge is 0.265 e. The van der Waals surface area contributed by atoms with Crippen LogP contribution in [0.15, 0.2) is 83.6 Å². The van der Waals surface area contributed by atoms with Crippen LogP contribution in [0.4, 0.5) is 0 Å².